The molecular weight excluding hydrogens is 394 g/mol. The summed E-state index contributed by atoms with van der Waals surface area (Å²) >= 11 is 0. The third kappa shape index (κ3) is 4.72. The number of hydrogen-bond acceptors (Lipinski definition) is 9. The first-order valence-electron chi connectivity index (χ1n) is 9.91. The van der Waals surface area contributed by atoms with Gasteiger partial charge in [-0.2, -0.15) is 0 Å². The second kappa shape index (κ2) is 8.97. The summed E-state index contributed by atoms with van der Waals surface area (Å²) in [6.45, 7) is 1.34. The number of likely N-dealkylation sites (N-methyl/N-ethyl adjacent to an activating group) is 1. The normalized spacial score (nSPS) is 15.7. The van der Waals surface area contributed by atoms with Crippen LogP contribution in [-0.2, 0) is 4.74 Å². The molecule has 3 heterocycles. The number of nitrogen functional groups attached to an aromatic ring is 1. The van der Waals surface area contributed by atoms with Gasteiger partial charge in [-0.1, -0.05) is 18.2 Å². The minimum absolute atomic E-state index is 0.293. The number of ether oxygens (including phenoxy) is 2. The van der Waals surface area contributed by atoms with Crippen LogP contribution in [0.25, 0.3) is 11.3 Å². The van der Waals surface area contributed by atoms with Crippen molar-refractivity contribution in [3.63, 3.8) is 0 Å². The van der Waals surface area contributed by atoms with Gasteiger partial charge in [0.15, 0.2) is 5.82 Å². The zero-order valence-corrected chi connectivity index (χ0v) is 17.8. The van der Waals surface area contributed by atoms with E-state index in [1.807, 2.05) is 68.5 Å². The Balaban J connectivity index is 1.56. The van der Waals surface area contributed by atoms with Crippen LogP contribution in [0.4, 0.5) is 5.82 Å². The summed E-state index contributed by atoms with van der Waals surface area (Å²) in [5.74, 6) is 1.34. The molecule has 1 aliphatic heterocycles. The van der Waals surface area contributed by atoms with Crippen molar-refractivity contribution in [3.05, 3.63) is 66.1 Å². The molecule has 0 amide bonds. The third-order valence-corrected chi connectivity index (χ3v) is 4.71. The Hall–Kier alpha value is -3.72. The average molecular weight is 419 g/mol. The number of anilines is 1. The number of rotatable bonds is 7. The third-order valence-electron chi connectivity index (χ3n) is 4.71. The van der Waals surface area contributed by atoms with Gasteiger partial charge in [-0.05, 0) is 32.3 Å². The van der Waals surface area contributed by atoms with Crippen molar-refractivity contribution in [3.8, 4) is 17.1 Å². The molecule has 31 heavy (non-hydrogen) atoms. The fourth-order valence-electron chi connectivity index (χ4n) is 3.05. The predicted octanol–water partition coefficient (Wildman–Crippen LogP) is 2.38. The zero-order valence-electron chi connectivity index (χ0n) is 17.8. The highest BCUT2D eigenvalue weighted by molar-refractivity contribution is 5.94. The molecule has 0 aliphatic carbocycles. The van der Waals surface area contributed by atoms with Crippen LogP contribution in [0.5, 0.6) is 5.88 Å². The first-order valence-corrected chi connectivity index (χ1v) is 9.91. The summed E-state index contributed by atoms with van der Waals surface area (Å²) in [6, 6.07) is 13.4. The van der Waals surface area contributed by atoms with E-state index in [0.717, 1.165) is 17.7 Å². The Morgan fingerprint density at radius 3 is 2.71 bits per heavy atom. The monoisotopic (exact) mass is 419 g/mol. The highest BCUT2D eigenvalue weighted by Crippen LogP contribution is 2.31. The smallest absolute Gasteiger partial charge is 0.240 e. The van der Waals surface area contributed by atoms with Crippen molar-refractivity contribution in [2.24, 2.45) is 5.10 Å². The summed E-state index contributed by atoms with van der Waals surface area (Å²) in [6.07, 6.45) is 2.75. The van der Waals surface area contributed by atoms with Crippen LogP contribution in [0.1, 0.15) is 17.5 Å². The lowest BCUT2D eigenvalue weighted by Gasteiger charge is -2.19. The molecule has 1 unspecified atom stereocenters. The lowest BCUT2D eigenvalue weighted by Crippen LogP contribution is -2.20. The molecule has 0 radical (unpaired) electrons. The summed E-state index contributed by atoms with van der Waals surface area (Å²) < 4.78 is 11.8. The molecule has 2 aromatic heterocycles. The van der Waals surface area contributed by atoms with Crippen molar-refractivity contribution < 1.29 is 9.47 Å². The number of aromatic nitrogens is 3. The van der Waals surface area contributed by atoms with E-state index in [1.54, 1.807) is 17.4 Å². The molecule has 4 rings (SSSR count). The number of hydrazone groups is 1. The van der Waals surface area contributed by atoms with Crippen LogP contribution in [-0.4, -0.2) is 65.1 Å². The van der Waals surface area contributed by atoms with Gasteiger partial charge in [0.05, 0.1) is 11.9 Å². The number of hydrogen-bond donors (Lipinski definition) is 1. The van der Waals surface area contributed by atoms with E-state index < -0.39 is 6.23 Å². The first kappa shape index (κ1) is 20.5. The van der Waals surface area contributed by atoms with Crippen LogP contribution in [0.3, 0.4) is 0 Å². The Labute approximate surface area is 181 Å². The first-order chi connectivity index (χ1) is 15.0. The molecule has 2 N–H and O–H groups in total. The molecule has 1 atom stereocenters. The second-order valence-corrected chi connectivity index (χ2v) is 7.38. The van der Waals surface area contributed by atoms with Gasteiger partial charge in [0.2, 0.25) is 18.0 Å². The minimum Gasteiger partial charge on any atom is -0.476 e. The number of pyridine rings is 1. The minimum atomic E-state index is -0.569. The maximum atomic E-state index is 6.14. The van der Waals surface area contributed by atoms with Crippen molar-refractivity contribution >= 4 is 11.7 Å². The predicted molar refractivity (Wildman–Crippen MR) is 118 cm³/mol. The fraction of sp³-hybridized carbons (Fsp3) is 0.273. The topological polar surface area (TPSA) is 102 Å². The molecule has 1 aromatic carbocycles. The van der Waals surface area contributed by atoms with E-state index in [9.17, 15) is 0 Å². The SMILES string of the molecule is CN(C)CCOc1cc(-c2cnc(N)c(C3OC(c4ccccc4)=NN3C)n2)ccn1. The lowest BCUT2D eigenvalue weighted by molar-refractivity contribution is 0.0744. The van der Waals surface area contributed by atoms with Crippen LogP contribution in [0.2, 0.25) is 0 Å². The van der Waals surface area contributed by atoms with Gasteiger partial charge in [-0.25, -0.2) is 15.0 Å². The molecule has 0 bridgehead atoms. The summed E-state index contributed by atoms with van der Waals surface area (Å²) in [5, 5.41) is 6.18. The molecule has 3 aromatic rings. The molecule has 9 nitrogen and oxygen atoms in total. The molecule has 0 fully saturated rings. The molecule has 0 saturated carbocycles. The summed E-state index contributed by atoms with van der Waals surface area (Å²) in [7, 11) is 5.80. The highest BCUT2D eigenvalue weighted by atomic mass is 16.5. The molecule has 1 aliphatic rings. The maximum Gasteiger partial charge on any atom is 0.240 e. The van der Waals surface area contributed by atoms with E-state index in [2.05, 4.69) is 15.1 Å². The van der Waals surface area contributed by atoms with Crippen molar-refractivity contribution in [2.45, 2.75) is 6.23 Å². The Morgan fingerprint density at radius 1 is 1.13 bits per heavy atom. The van der Waals surface area contributed by atoms with Crippen molar-refractivity contribution in [1.82, 2.24) is 24.9 Å². The van der Waals surface area contributed by atoms with Gasteiger partial charge in [0, 0.05) is 37.0 Å². The molecular formula is C22H25N7O2. The van der Waals surface area contributed by atoms with E-state index in [-0.39, 0.29) is 0 Å². The summed E-state index contributed by atoms with van der Waals surface area (Å²) in [4.78, 5) is 15.4. The van der Waals surface area contributed by atoms with Crippen molar-refractivity contribution in [1.29, 1.82) is 0 Å². The van der Waals surface area contributed by atoms with E-state index >= 15 is 0 Å². The Bertz CT molecular complexity index is 1070. The van der Waals surface area contributed by atoms with Gasteiger partial charge >= 0.3 is 0 Å². The highest BCUT2D eigenvalue weighted by Gasteiger charge is 2.31. The number of benzene rings is 1. The molecule has 0 spiro atoms. The van der Waals surface area contributed by atoms with E-state index in [4.69, 9.17) is 20.2 Å². The van der Waals surface area contributed by atoms with Gasteiger partial charge in [0.25, 0.3) is 0 Å². The average Bonchev–Trinajstić information content (AvgIpc) is 3.16. The molecule has 0 saturated heterocycles. The molecule has 160 valence electrons. The van der Waals surface area contributed by atoms with Gasteiger partial charge in [0.1, 0.15) is 12.3 Å². The van der Waals surface area contributed by atoms with Crippen LogP contribution in [0, 0.1) is 0 Å². The molecule has 9 heteroatoms. The fourth-order valence-corrected chi connectivity index (χ4v) is 3.05. The standard InChI is InChI=1S/C22H25N7O2/c1-28(2)11-12-30-18-13-16(9-10-24-18)17-14-25-20(23)19(26-17)22-29(3)27-21(31-22)15-7-5-4-6-8-15/h4-10,13-14,22H,11-12H2,1-3H3,(H2,23,25). The van der Waals surface area contributed by atoms with Gasteiger partial charge in [-0.15, -0.1) is 5.10 Å². The van der Waals surface area contributed by atoms with E-state index in [1.165, 1.54) is 0 Å². The largest absolute Gasteiger partial charge is 0.476 e. The Morgan fingerprint density at radius 2 is 1.94 bits per heavy atom. The van der Waals surface area contributed by atoms with Crippen LogP contribution >= 0.6 is 0 Å². The Kier molecular flexibility index (Phi) is 5.94. The van der Waals surface area contributed by atoms with Crippen LogP contribution < -0.4 is 10.5 Å². The number of nitrogens with two attached hydrogens (primary N) is 1. The lowest BCUT2D eigenvalue weighted by atomic mass is 10.2. The van der Waals surface area contributed by atoms with Gasteiger partial charge < -0.3 is 20.1 Å². The quantitative estimate of drug-likeness (QED) is 0.623. The second-order valence-electron chi connectivity index (χ2n) is 7.38. The maximum absolute atomic E-state index is 6.14. The summed E-state index contributed by atoms with van der Waals surface area (Å²) in [5.41, 5.74) is 9.00. The van der Waals surface area contributed by atoms with E-state index in [0.29, 0.717) is 35.6 Å². The van der Waals surface area contributed by atoms with Gasteiger partial charge in [-0.3, -0.25) is 5.01 Å². The zero-order chi connectivity index (χ0) is 21.8. The van der Waals surface area contributed by atoms with Crippen molar-refractivity contribution in [2.75, 3.05) is 40.0 Å². The van der Waals surface area contributed by atoms with Crippen LogP contribution in [0.15, 0.2) is 60.0 Å². The number of nitrogens with zero attached hydrogens (tertiary/aromatic N) is 6.